The van der Waals surface area contributed by atoms with Crippen LogP contribution in [-0.2, 0) is 6.42 Å². The molecule has 0 spiro atoms. The van der Waals surface area contributed by atoms with Crippen LogP contribution >= 0.6 is 15.9 Å². The van der Waals surface area contributed by atoms with Crippen molar-refractivity contribution in [2.75, 3.05) is 0 Å². The van der Waals surface area contributed by atoms with E-state index in [9.17, 15) is 4.79 Å². The van der Waals surface area contributed by atoms with Crippen LogP contribution in [0.5, 0.6) is 0 Å². The minimum atomic E-state index is -1.73. The largest absolute Gasteiger partial charge is 0.366 e. The lowest BCUT2D eigenvalue weighted by Crippen LogP contribution is -2.63. The van der Waals surface area contributed by atoms with Crippen molar-refractivity contribution < 1.29 is 4.79 Å². The zero-order valence-electron chi connectivity index (χ0n) is 16.0. The lowest BCUT2D eigenvalue weighted by atomic mass is 9.93. The minimum absolute atomic E-state index is 0.317. The molecule has 2 aromatic carbocycles. The van der Waals surface area contributed by atoms with E-state index >= 15 is 0 Å². The number of benzene rings is 2. The normalized spacial score (nSPS) is 18.6. The molecule has 0 atom stereocenters. The highest BCUT2D eigenvalue weighted by Gasteiger charge is 2.53. The van der Waals surface area contributed by atoms with Gasteiger partial charge in [-0.1, -0.05) is 72.0 Å². The van der Waals surface area contributed by atoms with Gasteiger partial charge in [-0.3, -0.25) is 4.79 Å². The molecule has 0 aromatic heterocycles. The first kappa shape index (κ1) is 18.0. The highest BCUT2D eigenvalue weighted by Crippen LogP contribution is 2.40. The molecule has 2 aromatic rings. The second-order valence-electron chi connectivity index (χ2n) is 8.70. The molecule has 1 heterocycles. The van der Waals surface area contributed by atoms with Crippen LogP contribution in [0.1, 0.15) is 28.4 Å². The van der Waals surface area contributed by atoms with Crippen LogP contribution in [0.15, 0.2) is 34.3 Å². The first-order valence-corrected chi connectivity index (χ1v) is 16.8. The third kappa shape index (κ3) is 2.17. The molecule has 0 saturated heterocycles. The number of primary amides is 1. The number of carbonyl (C=O) groups is 1. The number of fused-ring (bicyclic) bond motifs is 3. The van der Waals surface area contributed by atoms with Crippen molar-refractivity contribution in [2.24, 2.45) is 5.73 Å². The summed E-state index contributed by atoms with van der Waals surface area (Å²) in [5.41, 5.74) is 12.8. The number of amides is 1. The lowest BCUT2D eigenvalue weighted by Gasteiger charge is -2.32. The van der Waals surface area contributed by atoms with E-state index < -0.39 is 15.2 Å². The van der Waals surface area contributed by atoms with Gasteiger partial charge in [0.15, 0.2) is 0 Å². The van der Waals surface area contributed by atoms with Gasteiger partial charge in [0.1, 0.15) is 0 Å². The average molecular weight is 443 g/mol. The van der Waals surface area contributed by atoms with E-state index in [2.05, 4.69) is 79.4 Å². The number of hydrogen-bond acceptors (Lipinski definition) is 1. The first-order valence-electron chi connectivity index (χ1n) is 9.04. The summed E-state index contributed by atoms with van der Waals surface area (Å²) in [4.78, 5) is 12.4. The Morgan fingerprint density at radius 3 is 2.50 bits per heavy atom. The molecule has 134 valence electrons. The molecule has 4 rings (SSSR count). The Morgan fingerprint density at radius 2 is 1.85 bits per heavy atom. The molecule has 1 amide bonds. The van der Waals surface area contributed by atoms with Crippen molar-refractivity contribution in [3.63, 3.8) is 0 Å². The predicted octanol–water partition coefficient (Wildman–Crippen LogP) is 4.10. The molecule has 2 N–H and O–H groups in total. The predicted molar refractivity (Wildman–Crippen MR) is 120 cm³/mol. The number of hydrogen-bond donors (Lipinski definition) is 1. The van der Waals surface area contributed by atoms with Crippen molar-refractivity contribution in [2.45, 2.75) is 39.5 Å². The maximum atomic E-state index is 12.4. The van der Waals surface area contributed by atoms with Crippen molar-refractivity contribution >= 4 is 53.5 Å². The van der Waals surface area contributed by atoms with Gasteiger partial charge >= 0.3 is 0 Å². The van der Waals surface area contributed by atoms with Gasteiger partial charge in [0.25, 0.3) is 0 Å². The summed E-state index contributed by atoms with van der Waals surface area (Å²) >= 11 is 3.92. The van der Waals surface area contributed by atoms with Crippen LogP contribution in [0.25, 0.3) is 17.2 Å². The van der Waals surface area contributed by atoms with Crippen LogP contribution in [0.2, 0.25) is 26.2 Å². The summed E-state index contributed by atoms with van der Waals surface area (Å²) in [6, 6.07) is 8.57. The topological polar surface area (TPSA) is 43.1 Å². The summed E-state index contributed by atoms with van der Waals surface area (Å²) in [5.74, 6) is -0.317. The zero-order valence-corrected chi connectivity index (χ0v) is 19.5. The Bertz CT molecular complexity index is 1020. The van der Waals surface area contributed by atoms with Crippen LogP contribution in [0.3, 0.4) is 0 Å². The third-order valence-electron chi connectivity index (χ3n) is 6.72. The zero-order chi connectivity index (χ0) is 19.0. The quantitative estimate of drug-likeness (QED) is 0.700. The Balaban J connectivity index is 2.14. The van der Waals surface area contributed by atoms with E-state index in [1.165, 1.54) is 37.1 Å². The monoisotopic (exact) mass is 441 g/mol. The van der Waals surface area contributed by atoms with E-state index in [4.69, 9.17) is 5.73 Å². The van der Waals surface area contributed by atoms with Crippen molar-refractivity contribution in [1.82, 2.24) is 0 Å². The van der Waals surface area contributed by atoms with Crippen molar-refractivity contribution in [3.05, 3.63) is 51.0 Å². The van der Waals surface area contributed by atoms with Crippen LogP contribution < -0.4 is 16.1 Å². The Morgan fingerprint density at radius 1 is 1.15 bits per heavy atom. The van der Waals surface area contributed by atoms with Gasteiger partial charge in [0.2, 0.25) is 5.91 Å². The number of nitrogens with two attached hydrogens (primary N) is 1. The summed E-state index contributed by atoms with van der Waals surface area (Å²) in [6.45, 7) is 12.0. The summed E-state index contributed by atoms with van der Waals surface area (Å²) < 4.78 is 1.24. The van der Waals surface area contributed by atoms with E-state index in [-0.39, 0.29) is 5.91 Å². The molecule has 2 nitrogen and oxygen atoms in total. The fraction of sp³-hybridized carbons (Fsp3) is 0.286. The van der Waals surface area contributed by atoms with Crippen molar-refractivity contribution in [1.29, 1.82) is 0 Å². The van der Waals surface area contributed by atoms with Gasteiger partial charge in [0, 0.05) is 10.0 Å². The molecule has 0 unspecified atom stereocenters. The molecular weight excluding hydrogens is 418 g/mol. The van der Waals surface area contributed by atoms with E-state index in [0.717, 1.165) is 12.0 Å². The molecular formula is C21H24BrNOSi2. The molecule has 0 saturated carbocycles. The lowest BCUT2D eigenvalue weighted by molar-refractivity contribution is 0.100. The number of rotatable bonds is 2. The van der Waals surface area contributed by atoms with Crippen LogP contribution in [0, 0.1) is 0 Å². The molecule has 2 bridgehead atoms. The second kappa shape index (κ2) is 5.53. The number of carbonyl (C=O) groups excluding carboxylic acids is 1. The smallest absolute Gasteiger partial charge is 0.249 e. The fourth-order valence-corrected chi connectivity index (χ4v) is 18.4. The molecule has 2 aliphatic rings. The minimum Gasteiger partial charge on any atom is -0.366 e. The molecule has 1 aliphatic carbocycles. The molecule has 26 heavy (non-hydrogen) atoms. The SMILES string of the molecule is CC1=Cc2c(cccc2-c2c(C(N)=O)cc3c(Br)c2[Si](C)(C)[Si]3(C)C)C1. The maximum absolute atomic E-state index is 12.4. The van der Waals surface area contributed by atoms with Crippen LogP contribution in [0.4, 0.5) is 0 Å². The maximum Gasteiger partial charge on any atom is 0.249 e. The summed E-state index contributed by atoms with van der Waals surface area (Å²) in [6.07, 6.45) is 3.26. The molecule has 0 fully saturated rings. The highest BCUT2D eigenvalue weighted by molar-refractivity contribution is 9.11. The third-order valence-corrected chi connectivity index (χ3v) is 25.8. The fourth-order valence-electron chi connectivity index (χ4n) is 4.58. The Labute approximate surface area is 165 Å². The van der Waals surface area contributed by atoms with Crippen molar-refractivity contribution in [3.8, 4) is 11.1 Å². The van der Waals surface area contributed by atoms with Gasteiger partial charge in [-0.15, -0.1) is 0 Å². The van der Waals surface area contributed by atoms with E-state index in [0.29, 0.717) is 5.56 Å². The molecule has 0 radical (unpaired) electrons. The van der Waals surface area contributed by atoms with Gasteiger partial charge in [0.05, 0.1) is 15.2 Å². The number of allylic oxidation sites excluding steroid dienone is 1. The average Bonchev–Trinajstić information content (AvgIpc) is 2.95. The van der Waals surface area contributed by atoms with Gasteiger partial charge < -0.3 is 5.73 Å². The standard InChI is InChI=1S/C21H24BrNOSi2/c1-12-9-13-7-6-8-14(15(13)10-12)18-16(21(23)24)11-17-19(22)20(18)26(4,5)25(17,2)3/h6-8,10-11H,9H2,1-5H3,(H2,23,24). The summed E-state index contributed by atoms with van der Waals surface area (Å²) in [5, 5.41) is 2.76. The van der Waals surface area contributed by atoms with Gasteiger partial charge in [-0.25, -0.2) is 0 Å². The Hall–Kier alpha value is -1.44. The van der Waals surface area contributed by atoms with Crippen LogP contribution in [-0.4, -0.2) is 21.1 Å². The van der Waals surface area contributed by atoms with E-state index in [1.54, 1.807) is 0 Å². The highest BCUT2D eigenvalue weighted by atomic mass is 79.9. The first-order chi connectivity index (χ1) is 12.1. The molecule has 5 heteroatoms. The second-order valence-corrected chi connectivity index (χ2v) is 24.5. The van der Waals surface area contributed by atoms with Gasteiger partial charge in [-0.05, 0) is 52.0 Å². The molecule has 1 aliphatic heterocycles. The summed E-state index contributed by atoms with van der Waals surface area (Å²) in [7, 11) is -3.38. The van der Waals surface area contributed by atoms with E-state index in [1.807, 2.05) is 0 Å². The van der Waals surface area contributed by atoms with Gasteiger partial charge in [-0.2, -0.15) is 0 Å². The Kier molecular flexibility index (Phi) is 3.82. The number of halogens is 1.